The summed E-state index contributed by atoms with van der Waals surface area (Å²) in [5, 5.41) is 3.41. The van der Waals surface area contributed by atoms with Crippen molar-refractivity contribution >= 4 is 0 Å². The number of ether oxygens (including phenoxy) is 1. The molecule has 1 rings (SSSR count). The van der Waals surface area contributed by atoms with E-state index < -0.39 is 0 Å². The summed E-state index contributed by atoms with van der Waals surface area (Å²) in [5.41, 5.74) is 1.24. The van der Waals surface area contributed by atoms with Gasteiger partial charge in [-0.2, -0.15) is 0 Å². The minimum absolute atomic E-state index is 0.301. The summed E-state index contributed by atoms with van der Waals surface area (Å²) in [6.07, 6.45) is 1.24. The van der Waals surface area contributed by atoms with Gasteiger partial charge in [-0.1, -0.05) is 32.0 Å². The Morgan fingerprint density at radius 1 is 1.25 bits per heavy atom. The molecule has 0 fully saturated rings. The molecule has 0 radical (unpaired) electrons. The third-order valence-electron chi connectivity index (χ3n) is 3.53. The highest BCUT2D eigenvalue weighted by molar-refractivity contribution is 5.36. The van der Waals surface area contributed by atoms with Gasteiger partial charge < -0.3 is 15.0 Å². The first-order chi connectivity index (χ1) is 9.58. The lowest BCUT2D eigenvalue weighted by Gasteiger charge is -2.26. The first-order valence-corrected chi connectivity index (χ1v) is 7.66. The number of hydrogen-bond donors (Lipinski definition) is 1. The van der Waals surface area contributed by atoms with Crippen LogP contribution in [0.2, 0.25) is 0 Å². The van der Waals surface area contributed by atoms with Crippen LogP contribution in [0.3, 0.4) is 0 Å². The maximum Gasteiger partial charge on any atom is 0.124 e. The van der Waals surface area contributed by atoms with Gasteiger partial charge in [0.25, 0.3) is 0 Å². The van der Waals surface area contributed by atoms with Crippen LogP contribution in [0.5, 0.6) is 5.75 Å². The van der Waals surface area contributed by atoms with Crippen molar-refractivity contribution in [3.05, 3.63) is 29.8 Å². The van der Waals surface area contributed by atoms with Crippen molar-refractivity contribution in [3.63, 3.8) is 0 Å². The number of rotatable bonds is 9. The van der Waals surface area contributed by atoms with Gasteiger partial charge in [0.05, 0.1) is 6.61 Å². The number of nitrogens with one attached hydrogen (secondary N) is 1. The Balaban J connectivity index is 2.70. The normalized spacial score (nSPS) is 12.9. The maximum absolute atomic E-state index is 5.74. The lowest BCUT2D eigenvalue weighted by Crippen LogP contribution is -2.32. The Morgan fingerprint density at radius 2 is 1.95 bits per heavy atom. The molecule has 0 spiro atoms. The molecular formula is C17H30N2O. The Hall–Kier alpha value is -1.06. The van der Waals surface area contributed by atoms with E-state index in [1.807, 2.05) is 20.0 Å². The number of nitrogens with zero attached hydrogens (tertiary/aromatic N) is 1. The van der Waals surface area contributed by atoms with Crippen molar-refractivity contribution in [2.24, 2.45) is 5.92 Å². The predicted octanol–water partition coefficient (Wildman–Crippen LogP) is 3.32. The van der Waals surface area contributed by atoms with E-state index in [-0.39, 0.29) is 0 Å². The number of likely N-dealkylation sites (N-methyl/N-ethyl adjacent to an activating group) is 2. The van der Waals surface area contributed by atoms with Gasteiger partial charge in [-0.3, -0.25) is 0 Å². The molecule has 0 amide bonds. The quantitative estimate of drug-likeness (QED) is 0.750. The van der Waals surface area contributed by atoms with Gasteiger partial charge in [0.2, 0.25) is 0 Å². The van der Waals surface area contributed by atoms with E-state index in [9.17, 15) is 0 Å². The molecule has 1 N–H and O–H groups in total. The molecule has 3 heteroatoms. The zero-order valence-electron chi connectivity index (χ0n) is 13.6. The molecule has 114 valence electrons. The second-order valence-corrected chi connectivity index (χ2v) is 5.76. The van der Waals surface area contributed by atoms with Gasteiger partial charge in [-0.05, 0) is 46.0 Å². The van der Waals surface area contributed by atoms with Crippen molar-refractivity contribution in [2.45, 2.75) is 33.2 Å². The first kappa shape index (κ1) is 17.0. The number of benzene rings is 1. The maximum atomic E-state index is 5.74. The third kappa shape index (κ3) is 5.51. The summed E-state index contributed by atoms with van der Waals surface area (Å²) in [5.74, 6) is 1.74. The Kier molecular flexibility index (Phi) is 7.63. The smallest absolute Gasteiger partial charge is 0.124 e. The van der Waals surface area contributed by atoms with E-state index in [2.05, 4.69) is 49.3 Å². The van der Waals surface area contributed by atoms with E-state index in [1.165, 1.54) is 12.0 Å². The van der Waals surface area contributed by atoms with E-state index in [1.54, 1.807) is 0 Å². The van der Waals surface area contributed by atoms with Crippen LogP contribution in [0.25, 0.3) is 0 Å². The highest BCUT2D eigenvalue weighted by Crippen LogP contribution is 2.25. The molecule has 1 atom stereocenters. The summed E-state index contributed by atoms with van der Waals surface area (Å²) >= 11 is 0. The summed E-state index contributed by atoms with van der Waals surface area (Å²) in [7, 11) is 4.21. The standard InChI is InChI=1S/C17H30N2O/c1-6-20-17-10-8-7-9-15(17)16(18-4)13-19(5)12-11-14(2)3/h7-10,14,16,18H,6,11-13H2,1-5H3. The molecule has 0 aliphatic rings. The lowest BCUT2D eigenvalue weighted by atomic mass is 10.0. The van der Waals surface area contributed by atoms with Crippen LogP contribution < -0.4 is 10.1 Å². The van der Waals surface area contributed by atoms with Crippen molar-refractivity contribution in [3.8, 4) is 5.75 Å². The minimum Gasteiger partial charge on any atom is -0.494 e. The molecule has 20 heavy (non-hydrogen) atoms. The predicted molar refractivity (Wildman–Crippen MR) is 86.4 cm³/mol. The molecule has 0 saturated carbocycles. The van der Waals surface area contributed by atoms with Gasteiger partial charge in [-0.25, -0.2) is 0 Å². The molecule has 0 saturated heterocycles. The molecule has 0 aliphatic carbocycles. The van der Waals surface area contributed by atoms with Crippen LogP contribution in [0.1, 0.15) is 38.8 Å². The fraction of sp³-hybridized carbons (Fsp3) is 0.647. The topological polar surface area (TPSA) is 24.5 Å². The van der Waals surface area contributed by atoms with E-state index in [0.717, 1.165) is 24.8 Å². The second-order valence-electron chi connectivity index (χ2n) is 5.76. The van der Waals surface area contributed by atoms with Gasteiger partial charge in [0.1, 0.15) is 5.75 Å². The molecule has 0 aromatic heterocycles. The van der Waals surface area contributed by atoms with Gasteiger partial charge in [-0.15, -0.1) is 0 Å². The van der Waals surface area contributed by atoms with Gasteiger partial charge in [0.15, 0.2) is 0 Å². The highest BCUT2D eigenvalue weighted by atomic mass is 16.5. The first-order valence-electron chi connectivity index (χ1n) is 7.66. The second kappa shape index (κ2) is 8.98. The van der Waals surface area contributed by atoms with E-state index in [0.29, 0.717) is 12.6 Å². The Bertz CT molecular complexity index is 379. The molecule has 0 bridgehead atoms. The molecule has 1 unspecified atom stereocenters. The zero-order chi connectivity index (χ0) is 15.0. The van der Waals surface area contributed by atoms with Gasteiger partial charge >= 0.3 is 0 Å². The molecule has 0 heterocycles. The van der Waals surface area contributed by atoms with Gasteiger partial charge in [0, 0.05) is 18.2 Å². The summed E-state index contributed by atoms with van der Waals surface area (Å²) in [6, 6.07) is 8.62. The fourth-order valence-electron chi connectivity index (χ4n) is 2.28. The van der Waals surface area contributed by atoms with Crippen LogP contribution in [0, 0.1) is 5.92 Å². The zero-order valence-corrected chi connectivity index (χ0v) is 13.6. The molecule has 1 aromatic carbocycles. The Morgan fingerprint density at radius 3 is 2.55 bits per heavy atom. The summed E-state index contributed by atoms with van der Waals surface area (Å²) < 4.78 is 5.74. The molecule has 3 nitrogen and oxygen atoms in total. The molecule has 1 aromatic rings. The van der Waals surface area contributed by atoms with Crippen molar-refractivity contribution < 1.29 is 4.74 Å². The van der Waals surface area contributed by atoms with Crippen LogP contribution in [0.15, 0.2) is 24.3 Å². The lowest BCUT2D eigenvalue weighted by molar-refractivity contribution is 0.273. The molecule has 0 aliphatic heterocycles. The van der Waals surface area contributed by atoms with Crippen LogP contribution >= 0.6 is 0 Å². The number of hydrogen-bond acceptors (Lipinski definition) is 3. The van der Waals surface area contributed by atoms with E-state index in [4.69, 9.17) is 4.74 Å². The largest absolute Gasteiger partial charge is 0.494 e. The third-order valence-corrected chi connectivity index (χ3v) is 3.53. The SMILES string of the molecule is CCOc1ccccc1C(CN(C)CCC(C)C)NC. The monoisotopic (exact) mass is 278 g/mol. The summed E-state index contributed by atoms with van der Waals surface area (Å²) in [4.78, 5) is 2.39. The summed E-state index contributed by atoms with van der Waals surface area (Å²) in [6.45, 7) is 9.40. The fourth-order valence-corrected chi connectivity index (χ4v) is 2.28. The van der Waals surface area contributed by atoms with Crippen LogP contribution in [-0.2, 0) is 0 Å². The number of para-hydroxylation sites is 1. The van der Waals surface area contributed by atoms with Crippen molar-refractivity contribution in [1.82, 2.24) is 10.2 Å². The average molecular weight is 278 g/mol. The van der Waals surface area contributed by atoms with Crippen LogP contribution in [0.4, 0.5) is 0 Å². The highest BCUT2D eigenvalue weighted by Gasteiger charge is 2.16. The van der Waals surface area contributed by atoms with Crippen molar-refractivity contribution in [1.29, 1.82) is 0 Å². The van der Waals surface area contributed by atoms with Crippen molar-refractivity contribution in [2.75, 3.05) is 33.8 Å². The Labute approximate surface area is 124 Å². The van der Waals surface area contributed by atoms with E-state index >= 15 is 0 Å². The minimum atomic E-state index is 0.301. The molecular weight excluding hydrogens is 248 g/mol. The van der Waals surface area contributed by atoms with Crippen LogP contribution in [-0.4, -0.2) is 38.7 Å². The average Bonchev–Trinajstić information content (AvgIpc) is 2.44.